The third kappa shape index (κ3) is 4.10. The molecule has 0 aliphatic carbocycles. The van der Waals surface area contributed by atoms with Crippen LogP contribution in [0.25, 0.3) is 0 Å². The Morgan fingerprint density at radius 1 is 1.05 bits per heavy atom. The van der Waals surface area contributed by atoms with Crippen LogP contribution >= 0.6 is 0 Å². The summed E-state index contributed by atoms with van der Waals surface area (Å²) >= 11 is 0. The van der Waals surface area contributed by atoms with Crippen LogP contribution in [0.15, 0.2) is 48.5 Å². The molecule has 0 aromatic heterocycles. The van der Waals surface area contributed by atoms with E-state index in [-0.39, 0.29) is 6.04 Å². The van der Waals surface area contributed by atoms with Crippen LogP contribution in [-0.2, 0) is 12.8 Å². The molecular weight excluding hydrogens is 246 g/mol. The first-order chi connectivity index (χ1) is 9.69. The van der Waals surface area contributed by atoms with E-state index in [1.165, 1.54) is 16.7 Å². The van der Waals surface area contributed by atoms with E-state index in [4.69, 9.17) is 10.5 Å². The first-order valence-electron chi connectivity index (χ1n) is 7.23. The van der Waals surface area contributed by atoms with Crippen molar-refractivity contribution in [2.75, 3.05) is 6.61 Å². The van der Waals surface area contributed by atoms with Crippen molar-refractivity contribution >= 4 is 0 Å². The predicted octanol–water partition coefficient (Wildman–Crippen LogP) is 3.57. The zero-order valence-electron chi connectivity index (χ0n) is 12.3. The topological polar surface area (TPSA) is 35.2 Å². The Morgan fingerprint density at radius 2 is 1.80 bits per heavy atom. The quantitative estimate of drug-likeness (QED) is 0.870. The van der Waals surface area contributed by atoms with Gasteiger partial charge in [-0.15, -0.1) is 0 Å². The monoisotopic (exact) mass is 269 g/mol. The predicted molar refractivity (Wildman–Crippen MR) is 84.2 cm³/mol. The maximum absolute atomic E-state index is 5.89. The van der Waals surface area contributed by atoms with E-state index in [1.807, 2.05) is 19.9 Å². The lowest BCUT2D eigenvalue weighted by Gasteiger charge is -2.13. The average Bonchev–Trinajstić information content (AvgIpc) is 2.42. The molecule has 106 valence electrons. The van der Waals surface area contributed by atoms with Gasteiger partial charge in [-0.3, -0.25) is 0 Å². The second kappa shape index (κ2) is 7.11. The summed E-state index contributed by atoms with van der Waals surface area (Å²) in [6.45, 7) is 4.74. The molecule has 0 aliphatic rings. The van der Waals surface area contributed by atoms with E-state index in [9.17, 15) is 0 Å². The Labute approximate surface area is 121 Å². The molecule has 0 bridgehead atoms. The molecule has 0 saturated carbocycles. The highest BCUT2D eigenvalue weighted by Crippen LogP contribution is 2.24. The van der Waals surface area contributed by atoms with Crippen molar-refractivity contribution in [3.8, 4) is 5.75 Å². The molecule has 0 spiro atoms. The van der Waals surface area contributed by atoms with E-state index in [1.54, 1.807) is 0 Å². The van der Waals surface area contributed by atoms with Crippen LogP contribution in [0, 0.1) is 0 Å². The number of hydrogen-bond acceptors (Lipinski definition) is 2. The van der Waals surface area contributed by atoms with E-state index in [0.717, 1.165) is 18.6 Å². The van der Waals surface area contributed by atoms with Crippen molar-refractivity contribution in [3.63, 3.8) is 0 Å². The van der Waals surface area contributed by atoms with Gasteiger partial charge in [-0.1, -0.05) is 42.5 Å². The van der Waals surface area contributed by atoms with E-state index >= 15 is 0 Å². The highest BCUT2D eigenvalue weighted by atomic mass is 16.5. The first kappa shape index (κ1) is 14.6. The molecule has 0 saturated heterocycles. The summed E-state index contributed by atoms with van der Waals surface area (Å²) in [5.74, 6) is 0.977. The van der Waals surface area contributed by atoms with Crippen LogP contribution in [0.2, 0.25) is 0 Å². The number of nitrogens with two attached hydrogens (primary N) is 1. The Kier molecular flexibility index (Phi) is 5.19. The summed E-state index contributed by atoms with van der Waals surface area (Å²) in [4.78, 5) is 0. The highest BCUT2D eigenvalue weighted by Gasteiger charge is 2.07. The molecule has 0 aliphatic heterocycles. The van der Waals surface area contributed by atoms with Crippen molar-refractivity contribution in [2.45, 2.75) is 32.7 Å². The lowest BCUT2D eigenvalue weighted by Crippen LogP contribution is -2.17. The van der Waals surface area contributed by atoms with Crippen molar-refractivity contribution in [2.24, 2.45) is 5.73 Å². The maximum Gasteiger partial charge on any atom is 0.122 e. The van der Waals surface area contributed by atoms with Gasteiger partial charge in [0.05, 0.1) is 6.61 Å². The zero-order chi connectivity index (χ0) is 14.4. The Hall–Kier alpha value is -1.80. The number of hydrogen-bond donors (Lipinski definition) is 1. The van der Waals surface area contributed by atoms with E-state index in [0.29, 0.717) is 6.61 Å². The van der Waals surface area contributed by atoms with Crippen LogP contribution in [-0.4, -0.2) is 12.6 Å². The average molecular weight is 269 g/mol. The molecular formula is C18H23NO. The summed E-state index contributed by atoms with van der Waals surface area (Å²) in [7, 11) is 0. The minimum atomic E-state index is 0.178. The molecule has 2 aromatic carbocycles. The summed E-state index contributed by atoms with van der Waals surface area (Å²) in [5.41, 5.74) is 9.70. The smallest absolute Gasteiger partial charge is 0.122 e. The van der Waals surface area contributed by atoms with Crippen molar-refractivity contribution in [1.82, 2.24) is 0 Å². The van der Waals surface area contributed by atoms with Crippen LogP contribution in [0.4, 0.5) is 0 Å². The summed E-state index contributed by atoms with van der Waals surface area (Å²) in [6, 6.07) is 17.1. The summed E-state index contributed by atoms with van der Waals surface area (Å²) in [6.07, 6.45) is 1.79. The standard InChI is InChI=1S/C18H23NO/c1-3-20-18-10-9-16(11-14(2)19)13-17(18)12-15-7-5-4-6-8-15/h4-10,13-14H,3,11-12,19H2,1-2H3. The molecule has 1 atom stereocenters. The molecule has 2 heteroatoms. The Bertz CT molecular complexity index is 534. The van der Waals surface area contributed by atoms with E-state index in [2.05, 4.69) is 42.5 Å². The largest absolute Gasteiger partial charge is 0.494 e. The fourth-order valence-electron chi connectivity index (χ4n) is 2.38. The SMILES string of the molecule is CCOc1ccc(CC(C)N)cc1Cc1ccccc1. The van der Waals surface area contributed by atoms with Gasteiger partial charge in [0.1, 0.15) is 5.75 Å². The van der Waals surface area contributed by atoms with Gasteiger partial charge in [-0.05, 0) is 43.0 Å². The van der Waals surface area contributed by atoms with Gasteiger partial charge >= 0.3 is 0 Å². The molecule has 0 amide bonds. The Morgan fingerprint density at radius 3 is 2.45 bits per heavy atom. The minimum Gasteiger partial charge on any atom is -0.494 e. The van der Waals surface area contributed by atoms with Crippen molar-refractivity contribution < 1.29 is 4.74 Å². The normalized spacial score (nSPS) is 12.2. The molecule has 0 heterocycles. The fraction of sp³-hybridized carbons (Fsp3) is 0.333. The van der Waals surface area contributed by atoms with E-state index < -0.39 is 0 Å². The van der Waals surface area contributed by atoms with Crippen molar-refractivity contribution in [3.05, 3.63) is 65.2 Å². The second-order valence-electron chi connectivity index (χ2n) is 5.22. The third-order valence-electron chi connectivity index (χ3n) is 3.22. The second-order valence-corrected chi connectivity index (χ2v) is 5.22. The molecule has 2 N–H and O–H groups in total. The minimum absolute atomic E-state index is 0.178. The molecule has 0 fully saturated rings. The molecule has 2 rings (SSSR count). The zero-order valence-corrected chi connectivity index (χ0v) is 12.3. The van der Waals surface area contributed by atoms with Crippen LogP contribution < -0.4 is 10.5 Å². The van der Waals surface area contributed by atoms with Gasteiger partial charge in [0.15, 0.2) is 0 Å². The first-order valence-corrected chi connectivity index (χ1v) is 7.23. The third-order valence-corrected chi connectivity index (χ3v) is 3.22. The molecule has 0 radical (unpaired) electrons. The molecule has 2 nitrogen and oxygen atoms in total. The summed E-state index contributed by atoms with van der Waals surface area (Å²) in [5, 5.41) is 0. The van der Waals surface area contributed by atoms with Gasteiger partial charge in [-0.2, -0.15) is 0 Å². The molecule has 1 unspecified atom stereocenters. The Balaban J connectivity index is 2.26. The summed E-state index contributed by atoms with van der Waals surface area (Å²) < 4.78 is 5.74. The number of rotatable bonds is 6. The molecule has 20 heavy (non-hydrogen) atoms. The van der Waals surface area contributed by atoms with Gasteiger partial charge in [0.25, 0.3) is 0 Å². The van der Waals surface area contributed by atoms with Crippen LogP contribution in [0.1, 0.15) is 30.5 Å². The van der Waals surface area contributed by atoms with Crippen LogP contribution in [0.5, 0.6) is 5.75 Å². The fourth-order valence-corrected chi connectivity index (χ4v) is 2.38. The van der Waals surface area contributed by atoms with Crippen LogP contribution in [0.3, 0.4) is 0 Å². The maximum atomic E-state index is 5.89. The molecule has 2 aromatic rings. The van der Waals surface area contributed by atoms with Gasteiger partial charge in [0.2, 0.25) is 0 Å². The van der Waals surface area contributed by atoms with Crippen molar-refractivity contribution in [1.29, 1.82) is 0 Å². The van der Waals surface area contributed by atoms with Gasteiger partial charge < -0.3 is 10.5 Å². The van der Waals surface area contributed by atoms with Gasteiger partial charge in [-0.25, -0.2) is 0 Å². The number of benzene rings is 2. The number of ether oxygens (including phenoxy) is 1. The van der Waals surface area contributed by atoms with Gasteiger partial charge in [0, 0.05) is 12.5 Å². The highest BCUT2D eigenvalue weighted by molar-refractivity contribution is 5.41. The lowest BCUT2D eigenvalue weighted by atomic mass is 9.99. The lowest BCUT2D eigenvalue weighted by molar-refractivity contribution is 0.337.